The van der Waals surface area contributed by atoms with Crippen molar-refractivity contribution >= 4 is 22.5 Å². The molecule has 2 heterocycles. The van der Waals surface area contributed by atoms with Gasteiger partial charge in [-0.3, -0.25) is 9.20 Å². The van der Waals surface area contributed by atoms with Crippen LogP contribution in [0.3, 0.4) is 0 Å². The molecule has 0 amide bonds. The number of carbonyl (C=O) groups excluding carboxylic acids is 1. The van der Waals surface area contributed by atoms with Crippen LogP contribution in [0.4, 0.5) is 4.39 Å². The number of pyridine rings is 1. The van der Waals surface area contributed by atoms with Crippen molar-refractivity contribution in [3.8, 4) is 28.3 Å². The van der Waals surface area contributed by atoms with Crippen molar-refractivity contribution in [2.45, 2.75) is 6.92 Å². The van der Waals surface area contributed by atoms with Crippen LogP contribution in [-0.4, -0.2) is 25.6 Å². The molecule has 5 nitrogen and oxygen atoms in total. The summed E-state index contributed by atoms with van der Waals surface area (Å²) in [5.74, 6) is 0.0562. The summed E-state index contributed by atoms with van der Waals surface area (Å²) in [6, 6.07) is 16.7. The molecule has 4 aromatic rings. The van der Waals surface area contributed by atoms with E-state index in [-0.39, 0.29) is 11.6 Å². The third-order valence-corrected chi connectivity index (χ3v) is 4.92. The Morgan fingerprint density at radius 3 is 2.31 bits per heavy atom. The number of hydrogen-bond donors (Lipinski definition) is 0. The zero-order valence-electron chi connectivity index (χ0n) is 15.8. The van der Waals surface area contributed by atoms with Crippen LogP contribution in [0.5, 0.6) is 5.75 Å². The number of carbonyl (C=O) groups is 1. The summed E-state index contributed by atoms with van der Waals surface area (Å²) in [6.07, 6.45) is 3.28. The van der Waals surface area contributed by atoms with Gasteiger partial charge < -0.3 is 4.18 Å². The smallest absolute Gasteiger partial charge is 0.203 e. The molecule has 0 radical (unpaired) electrons. The van der Waals surface area contributed by atoms with Crippen molar-refractivity contribution in [3.05, 3.63) is 78.2 Å². The second-order valence-electron chi connectivity index (χ2n) is 6.50. The maximum absolute atomic E-state index is 13.5. The zero-order chi connectivity index (χ0) is 20.5. The highest BCUT2D eigenvalue weighted by atomic mass is 32.2. The van der Waals surface area contributed by atoms with Gasteiger partial charge in [0.05, 0.1) is 17.0 Å². The van der Waals surface area contributed by atoms with E-state index in [0.717, 1.165) is 16.8 Å². The third kappa shape index (κ3) is 3.69. The minimum atomic E-state index is -1.42. The second kappa shape index (κ2) is 7.60. The van der Waals surface area contributed by atoms with Crippen molar-refractivity contribution in [1.82, 2.24) is 9.38 Å². The first kappa shape index (κ1) is 19.0. The number of nitrogens with zero attached hydrogens (tertiary/aromatic N) is 2. The Labute approximate surface area is 169 Å². The molecule has 146 valence electrons. The van der Waals surface area contributed by atoms with E-state index in [4.69, 9.17) is 9.17 Å². The minimum absolute atomic E-state index is 0.0908. The highest BCUT2D eigenvalue weighted by Gasteiger charge is 2.19. The van der Waals surface area contributed by atoms with Crippen LogP contribution in [0.15, 0.2) is 66.9 Å². The number of fused-ring (bicyclic) bond motifs is 1. The number of Topliss-reactive ketones (excluding diaryl/α,β-unsaturated/α-hetero) is 1. The maximum Gasteiger partial charge on any atom is 0.203 e. The lowest BCUT2D eigenvalue weighted by Gasteiger charge is -2.07. The van der Waals surface area contributed by atoms with E-state index in [0.29, 0.717) is 22.7 Å². The first-order valence-corrected chi connectivity index (χ1v) is 10.3. The number of hydrogen-bond acceptors (Lipinski definition) is 4. The van der Waals surface area contributed by atoms with Crippen LogP contribution >= 0.6 is 0 Å². The standard InChI is InChI=1S/C22H17FN2O3S/c1-14(26)19-4-3-13-25-21(16-5-9-17(23)10-6-16)20(24-22(19)25)15-7-11-18(12-8-15)28-29(2)27/h3-13H,1-2H3. The Morgan fingerprint density at radius 2 is 1.69 bits per heavy atom. The average molecular weight is 408 g/mol. The highest BCUT2D eigenvalue weighted by molar-refractivity contribution is 7.79. The molecule has 1 unspecified atom stereocenters. The van der Waals surface area contributed by atoms with Gasteiger partial charge in [-0.2, -0.15) is 0 Å². The minimum Gasteiger partial charge on any atom is -0.401 e. The first-order valence-electron chi connectivity index (χ1n) is 8.84. The predicted molar refractivity (Wildman–Crippen MR) is 111 cm³/mol. The molecule has 2 aromatic carbocycles. The lowest BCUT2D eigenvalue weighted by Crippen LogP contribution is -1.98. The number of ketones is 1. The van der Waals surface area contributed by atoms with Gasteiger partial charge in [-0.05, 0) is 67.6 Å². The summed E-state index contributed by atoms with van der Waals surface area (Å²) < 4.78 is 31.8. The number of imidazole rings is 1. The molecule has 4 rings (SSSR count). The van der Waals surface area contributed by atoms with Crippen LogP contribution in [0.25, 0.3) is 28.2 Å². The molecule has 0 saturated carbocycles. The van der Waals surface area contributed by atoms with Gasteiger partial charge in [-0.15, -0.1) is 0 Å². The van der Waals surface area contributed by atoms with Crippen LogP contribution in [0, 0.1) is 5.82 Å². The highest BCUT2D eigenvalue weighted by Crippen LogP contribution is 2.34. The summed E-state index contributed by atoms with van der Waals surface area (Å²) in [5, 5.41) is 0. The predicted octanol–water partition coefficient (Wildman–Crippen LogP) is 4.68. The Balaban J connectivity index is 1.96. The first-order chi connectivity index (χ1) is 13.9. The SMILES string of the molecule is CC(=O)c1cccn2c(-c3ccc(F)cc3)c(-c3ccc(OS(C)=O)cc3)nc12. The average Bonchev–Trinajstić information content (AvgIpc) is 3.08. The normalized spacial score (nSPS) is 12.1. The lowest BCUT2D eigenvalue weighted by atomic mass is 10.0. The van der Waals surface area contributed by atoms with Crippen LogP contribution in [-0.2, 0) is 11.1 Å². The monoisotopic (exact) mass is 408 g/mol. The zero-order valence-corrected chi connectivity index (χ0v) is 16.6. The van der Waals surface area contributed by atoms with Crippen LogP contribution in [0.2, 0.25) is 0 Å². The van der Waals surface area contributed by atoms with Crippen molar-refractivity contribution in [1.29, 1.82) is 0 Å². The van der Waals surface area contributed by atoms with Crippen LogP contribution < -0.4 is 4.18 Å². The molecule has 0 aliphatic rings. The van der Waals surface area contributed by atoms with Crippen molar-refractivity contribution in [2.24, 2.45) is 0 Å². The fourth-order valence-corrected chi connectivity index (χ4v) is 3.61. The van der Waals surface area contributed by atoms with E-state index >= 15 is 0 Å². The summed E-state index contributed by atoms with van der Waals surface area (Å²) in [5.41, 5.74) is 3.99. The summed E-state index contributed by atoms with van der Waals surface area (Å²) in [6.45, 7) is 1.50. The van der Waals surface area contributed by atoms with E-state index in [2.05, 4.69) is 0 Å². The molecule has 2 aromatic heterocycles. The number of rotatable bonds is 5. The second-order valence-corrected chi connectivity index (χ2v) is 7.47. The quantitative estimate of drug-likeness (QED) is 0.450. The summed E-state index contributed by atoms with van der Waals surface area (Å²) in [7, 11) is 0. The number of halogens is 1. The molecular formula is C22H17FN2O3S. The molecule has 0 fully saturated rings. The fourth-order valence-electron chi connectivity index (χ4n) is 3.23. The van der Waals surface area contributed by atoms with E-state index in [1.807, 2.05) is 22.7 Å². The van der Waals surface area contributed by atoms with Gasteiger partial charge in [-0.1, -0.05) is 0 Å². The largest absolute Gasteiger partial charge is 0.401 e. The number of aromatic nitrogens is 2. The summed E-state index contributed by atoms with van der Waals surface area (Å²) >= 11 is -1.42. The maximum atomic E-state index is 13.5. The van der Waals surface area contributed by atoms with Crippen molar-refractivity contribution < 1.29 is 17.6 Å². The van der Waals surface area contributed by atoms with Gasteiger partial charge in [0.15, 0.2) is 5.78 Å². The van der Waals surface area contributed by atoms with Gasteiger partial charge in [0.25, 0.3) is 0 Å². The van der Waals surface area contributed by atoms with Gasteiger partial charge in [-0.25, -0.2) is 13.6 Å². The summed E-state index contributed by atoms with van der Waals surface area (Å²) in [4.78, 5) is 16.8. The van der Waals surface area contributed by atoms with Crippen molar-refractivity contribution in [3.63, 3.8) is 0 Å². The molecule has 0 spiro atoms. The molecule has 0 aliphatic heterocycles. The van der Waals surface area contributed by atoms with E-state index in [9.17, 15) is 13.4 Å². The molecule has 0 saturated heterocycles. The Hall–Kier alpha value is -3.32. The van der Waals surface area contributed by atoms with E-state index in [1.54, 1.807) is 36.4 Å². The Morgan fingerprint density at radius 1 is 1.03 bits per heavy atom. The molecule has 7 heteroatoms. The van der Waals surface area contributed by atoms with Gasteiger partial charge in [0.2, 0.25) is 11.1 Å². The van der Waals surface area contributed by atoms with Crippen LogP contribution in [0.1, 0.15) is 17.3 Å². The Bertz CT molecular complexity index is 1230. The molecule has 0 bridgehead atoms. The van der Waals surface area contributed by atoms with Crippen molar-refractivity contribution in [2.75, 3.05) is 6.26 Å². The van der Waals surface area contributed by atoms with Gasteiger partial charge in [0.1, 0.15) is 17.2 Å². The van der Waals surface area contributed by atoms with E-state index in [1.165, 1.54) is 25.3 Å². The van der Waals surface area contributed by atoms with Gasteiger partial charge in [0, 0.05) is 23.6 Å². The van der Waals surface area contributed by atoms with Gasteiger partial charge >= 0.3 is 0 Å². The molecular weight excluding hydrogens is 391 g/mol. The molecule has 1 atom stereocenters. The topological polar surface area (TPSA) is 60.7 Å². The third-order valence-electron chi connectivity index (χ3n) is 4.49. The molecule has 29 heavy (non-hydrogen) atoms. The molecule has 0 N–H and O–H groups in total. The fraction of sp³-hybridized carbons (Fsp3) is 0.0909. The number of benzene rings is 2. The Kier molecular flexibility index (Phi) is 4.98. The molecule has 0 aliphatic carbocycles. The van der Waals surface area contributed by atoms with E-state index < -0.39 is 11.1 Å². The lowest BCUT2D eigenvalue weighted by molar-refractivity contribution is 0.101.